The van der Waals surface area contributed by atoms with Crippen LogP contribution in [0.4, 0.5) is 0 Å². The monoisotopic (exact) mass is 223 g/mol. The van der Waals surface area contributed by atoms with Crippen molar-refractivity contribution >= 4 is 11.3 Å². The molecule has 1 heterocycles. The topological polar surface area (TPSA) is 12.0 Å². The Balaban J connectivity index is 1.69. The fourth-order valence-electron chi connectivity index (χ4n) is 2.62. The minimum atomic E-state index is 0.808. The Bertz CT molecular complexity index is 268. The summed E-state index contributed by atoms with van der Waals surface area (Å²) in [4.78, 5) is 0. The molecule has 1 nitrogen and oxygen atoms in total. The van der Waals surface area contributed by atoms with Gasteiger partial charge in [0.2, 0.25) is 0 Å². The van der Waals surface area contributed by atoms with Crippen molar-refractivity contribution in [3.05, 3.63) is 22.4 Å². The zero-order valence-electron chi connectivity index (χ0n) is 9.54. The first kappa shape index (κ1) is 11.2. The maximum Gasteiger partial charge on any atom is 0.00696 e. The van der Waals surface area contributed by atoms with Gasteiger partial charge in [-0.2, -0.15) is 11.3 Å². The molecule has 1 aliphatic carbocycles. The van der Waals surface area contributed by atoms with Crippen LogP contribution < -0.4 is 5.32 Å². The molecule has 1 saturated carbocycles. The highest BCUT2D eigenvalue weighted by Crippen LogP contribution is 2.29. The molecule has 84 valence electrons. The SMILES string of the molecule is CCNC1CCC(CCc2ccsc2)C1. The third-order valence-electron chi connectivity index (χ3n) is 3.46. The average molecular weight is 223 g/mol. The highest BCUT2D eigenvalue weighted by Gasteiger charge is 2.23. The van der Waals surface area contributed by atoms with E-state index < -0.39 is 0 Å². The van der Waals surface area contributed by atoms with Gasteiger partial charge in [0.05, 0.1) is 0 Å². The van der Waals surface area contributed by atoms with Crippen molar-refractivity contribution in [1.29, 1.82) is 0 Å². The molecule has 2 atom stereocenters. The average Bonchev–Trinajstić information content (AvgIpc) is 2.85. The second-order valence-electron chi connectivity index (χ2n) is 4.60. The molecule has 0 spiro atoms. The van der Waals surface area contributed by atoms with E-state index in [0.717, 1.165) is 18.5 Å². The van der Waals surface area contributed by atoms with Crippen LogP contribution in [0, 0.1) is 5.92 Å². The van der Waals surface area contributed by atoms with Crippen molar-refractivity contribution in [3.63, 3.8) is 0 Å². The van der Waals surface area contributed by atoms with Gasteiger partial charge in [0.25, 0.3) is 0 Å². The lowest BCUT2D eigenvalue weighted by Gasteiger charge is -2.11. The van der Waals surface area contributed by atoms with Crippen LogP contribution in [0.15, 0.2) is 16.8 Å². The summed E-state index contributed by atoms with van der Waals surface area (Å²) in [5.74, 6) is 0.967. The second-order valence-corrected chi connectivity index (χ2v) is 5.38. The van der Waals surface area contributed by atoms with Crippen molar-refractivity contribution in [3.8, 4) is 0 Å². The molecular weight excluding hydrogens is 202 g/mol. The summed E-state index contributed by atoms with van der Waals surface area (Å²) in [5, 5.41) is 8.04. The molecule has 0 aromatic carbocycles. The van der Waals surface area contributed by atoms with Gasteiger partial charge in [-0.25, -0.2) is 0 Å². The molecule has 1 aromatic rings. The van der Waals surface area contributed by atoms with Gasteiger partial charge in [0, 0.05) is 6.04 Å². The van der Waals surface area contributed by atoms with Gasteiger partial charge < -0.3 is 5.32 Å². The lowest BCUT2D eigenvalue weighted by molar-refractivity contribution is 0.470. The first-order chi connectivity index (χ1) is 7.38. The van der Waals surface area contributed by atoms with Crippen molar-refractivity contribution in [2.75, 3.05) is 6.54 Å². The fourth-order valence-corrected chi connectivity index (χ4v) is 3.32. The Morgan fingerprint density at radius 2 is 2.40 bits per heavy atom. The largest absolute Gasteiger partial charge is 0.314 e. The van der Waals surface area contributed by atoms with Crippen LogP contribution in [0.2, 0.25) is 0 Å². The Labute approximate surface area is 96.9 Å². The molecule has 1 aromatic heterocycles. The third kappa shape index (κ3) is 3.32. The Kier molecular flexibility index (Phi) is 4.21. The van der Waals surface area contributed by atoms with E-state index in [0.29, 0.717) is 0 Å². The van der Waals surface area contributed by atoms with E-state index in [1.807, 2.05) is 11.3 Å². The van der Waals surface area contributed by atoms with E-state index in [1.54, 1.807) is 0 Å². The lowest BCUT2D eigenvalue weighted by atomic mass is 9.99. The number of rotatable bonds is 5. The van der Waals surface area contributed by atoms with Gasteiger partial charge in [0.15, 0.2) is 0 Å². The number of nitrogens with one attached hydrogen (secondary N) is 1. The first-order valence-electron chi connectivity index (χ1n) is 6.13. The summed E-state index contributed by atoms with van der Waals surface area (Å²) in [7, 11) is 0. The van der Waals surface area contributed by atoms with Crippen LogP contribution >= 0.6 is 11.3 Å². The van der Waals surface area contributed by atoms with Crippen molar-refractivity contribution < 1.29 is 0 Å². The van der Waals surface area contributed by atoms with Crippen LogP contribution in [-0.2, 0) is 6.42 Å². The zero-order chi connectivity index (χ0) is 10.5. The lowest BCUT2D eigenvalue weighted by Crippen LogP contribution is -2.25. The van der Waals surface area contributed by atoms with E-state index in [9.17, 15) is 0 Å². The van der Waals surface area contributed by atoms with E-state index >= 15 is 0 Å². The summed E-state index contributed by atoms with van der Waals surface area (Å²) >= 11 is 1.82. The summed E-state index contributed by atoms with van der Waals surface area (Å²) in [6.07, 6.45) is 6.90. The molecule has 2 unspecified atom stereocenters. The maximum atomic E-state index is 3.57. The standard InChI is InChI=1S/C13H21NS/c1-2-14-13-6-5-11(9-13)3-4-12-7-8-15-10-12/h7-8,10-11,13-14H,2-6,9H2,1H3. The Hall–Kier alpha value is -0.340. The van der Waals surface area contributed by atoms with Crippen LogP contribution in [0.25, 0.3) is 0 Å². The molecule has 15 heavy (non-hydrogen) atoms. The Morgan fingerprint density at radius 3 is 3.13 bits per heavy atom. The first-order valence-corrected chi connectivity index (χ1v) is 7.07. The zero-order valence-corrected chi connectivity index (χ0v) is 10.4. The normalized spacial score (nSPS) is 25.9. The molecule has 1 N–H and O–H groups in total. The van der Waals surface area contributed by atoms with Gasteiger partial charge in [-0.05, 0) is 67.0 Å². The quantitative estimate of drug-likeness (QED) is 0.806. The van der Waals surface area contributed by atoms with Crippen LogP contribution in [0.5, 0.6) is 0 Å². The number of hydrogen-bond donors (Lipinski definition) is 1. The van der Waals surface area contributed by atoms with Crippen molar-refractivity contribution in [2.24, 2.45) is 5.92 Å². The van der Waals surface area contributed by atoms with E-state index in [1.165, 1.54) is 37.7 Å². The maximum absolute atomic E-state index is 3.57. The van der Waals surface area contributed by atoms with Crippen LogP contribution in [-0.4, -0.2) is 12.6 Å². The third-order valence-corrected chi connectivity index (χ3v) is 4.19. The number of aryl methyl sites for hydroxylation is 1. The van der Waals surface area contributed by atoms with Gasteiger partial charge >= 0.3 is 0 Å². The highest BCUT2D eigenvalue weighted by molar-refractivity contribution is 7.07. The summed E-state index contributed by atoms with van der Waals surface area (Å²) in [6.45, 7) is 3.33. The molecule has 0 saturated heterocycles. The predicted molar refractivity (Wildman–Crippen MR) is 67.4 cm³/mol. The molecule has 2 rings (SSSR count). The van der Waals surface area contributed by atoms with Crippen LogP contribution in [0.1, 0.15) is 38.2 Å². The van der Waals surface area contributed by atoms with Gasteiger partial charge in [-0.15, -0.1) is 0 Å². The van der Waals surface area contributed by atoms with Crippen LogP contribution in [0.3, 0.4) is 0 Å². The van der Waals surface area contributed by atoms with Gasteiger partial charge in [0.1, 0.15) is 0 Å². The molecule has 1 fully saturated rings. The van der Waals surface area contributed by atoms with Crippen molar-refractivity contribution in [1.82, 2.24) is 5.32 Å². The number of hydrogen-bond acceptors (Lipinski definition) is 2. The molecule has 0 radical (unpaired) electrons. The fraction of sp³-hybridized carbons (Fsp3) is 0.692. The molecular formula is C13H21NS. The molecule has 1 aliphatic rings. The minimum absolute atomic E-state index is 0.808. The van der Waals surface area contributed by atoms with Gasteiger partial charge in [-0.1, -0.05) is 6.92 Å². The smallest absolute Gasteiger partial charge is 0.00696 e. The molecule has 0 aliphatic heterocycles. The van der Waals surface area contributed by atoms with Crippen molar-refractivity contribution in [2.45, 2.75) is 45.1 Å². The highest BCUT2D eigenvalue weighted by atomic mass is 32.1. The summed E-state index contributed by atoms with van der Waals surface area (Å²) in [6, 6.07) is 3.07. The predicted octanol–water partition coefficient (Wildman–Crippen LogP) is 3.46. The van der Waals surface area contributed by atoms with E-state index in [-0.39, 0.29) is 0 Å². The van der Waals surface area contributed by atoms with E-state index in [4.69, 9.17) is 0 Å². The molecule has 0 bridgehead atoms. The Morgan fingerprint density at radius 1 is 1.47 bits per heavy atom. The molecule has 2 heteroatoms. The van der Waals surface area contributed by atoms with E-state index in [2.05, 4.69) is 29.1 Å². The second kappa shape index (κ2) is 5.66. The minimum Gasteiger partial charge on any atom is -0.314 e. The number of thiophene rings is 1. The van der Waals surface area contributed by atoms with Gasteiger partial charge in [-0.3, -0.25) is 0 Å². The summed E-state index contributed by atoms with van der Waals surface area (Å²) in [5.41, 5.74) is 1.53. The molecule has 0 amide bonds. The summed E-state index contributed by atoms with van der Waals surface area (Å²) < 4.78 is 0.